The van der Waals surface area contributed by atoms with E-state index in [0.717, 1.165) is 17.7 Å². The van der Waals surface area contributed by atoms with Gasteiger partial charge in [0.05, 0.1) is 17.4 Å². The number of likely N-dealkylation sites (tertiary alicyclic amines) is 1. The first-order valence-corrected chi connectivity index (χ1v) is 13.3. The number of ether oxygens (including phenoxy) is 1. The Balaban J connectivity index is 1.18. The molecule has 2 unspecified atom stereocenters. The molecule has 1 amide bonds. The number of piperidine rings is 1. The third kappa shape index (κ3) is 5.16. The molecular weight excluding hydrogens is 532 g/mol. The van der Waals surface area contributed by atoms with Crippen molar-refractivity contribution >= 4 is 5.91 Å². The summed E-state index contributed by atoms with van der Waals surface area (Å²) in [7, 11) is 0. The number of hydrogen-bond donors (Lipinski definition) is 2. The molecule has 1 aliphatic heterocycles. The molecule has 4 heterocycles. The van der Waals surface area contributed by atoms with E-state index in [1.165, 1.54) is 10.7 Å². The van der Waals surface area contributed by atoms with Crippen molar-refractivity contribution in [2.24, 2.45) is 17.6 Å². The molecule has 212 valence electrons. The number of amides is 1. The van der Waals surface area contributed by atoms with Gasteiger partial charge in [0.25, 0.3) is 5.91 Å². The number of carbonyl (C=O) groups excluding carboxylic acids is 1. The van der Waals surface area contributed by atoms with E-state index in [2.05, 4.69) is 20.1 Å². The van der Waals surface area contributed by atoms with Gasteiger partial charge in [-0.1, -0.05) is 0 Å². The smallest absolute Gasteiger partial charge is 0.257 e. The Labute approximate surface area is 234 Å². The third-order valence-corrected chi connectivity index (χ3v) is 7.55. The summed E-state index contributed by atoms with van der Waals surface area (Å²) in [6.07, 6.45) is 3.57. The zero-order chi connectivity index (χ0) is 29.1. The standard InChI is InChI=1S/C29H29F2N7O3/c1-15(39)25-20(14-38(36-25)28-33-7-4-8-34-28)27(40)37-12-18-19(13-37)26(18)41-24-11-17(29(2,3)32)10-23(35-24)16-5-6-21(30)22(31)9-16/h4-11,14-15,18-19,26,39H,12-13,32H2,1-3H3/t15?,18-,19?,26+/m1/s1. The average molecular weight is 562 g/mol. The van der Waals surface area contributed by atoms with Crippen molar-refractivity contribution in [3.63, 3.8) is 0 Å². The minimum Gasteiger partial charge on any atom is -0.474 e. The molecule has 1 aromatic carbocycles. The van der Waals surface area contributed by atoms with Crippen molar-refractivity contribution in [1.82, 2.24) is 29.6 Å². The first-order valence-electron chi connectivity index (χ1n) is 13.3. The van der Waals surface area contributed by atoms with Crippen molar-refractivity contribution in [3.05, 3.63) is 83.4 Å². The highest BCUT2D eigenvalue weighted by Crippen LogP contribution is 2.48. The van der Waals surface area contributed by atoms with Gasteiger partial charge in [-0.05, 0) is 56.7 Å². The molecule has 2 fully saturated rings. The molecule has 41 heavy (non-hydrogen) atoms. The minimum absolute atomic E-state index is 0.101. The molecule has 3 aromatic heterocycles. The molecule has 0 radical (unpaired) electrons. The van der Waals surface area contributed by atoms with Crippen LogP contribution in [0.4, 0.5) is 8.78 Å². The zero-order valence-corrected chi connectivity index (χ0v) is 22.7. The lowest BCUT2D eigenvalue weighted by molar-refractivity contribution is 0.0745. The van der Waals surface area contributed by atoms with Crippen LogP contribution in [0.3, 0.4) is 0 Å². The lowest BCUT2D eigenvalue weighted by Gasteiger charge is -2.22. The largest absolute Gasteiger partial charge is 0.474 e. The van der Waals surface area contributed by atoms with Crippen LogP contribution in [0.2, 0.25) is 0 Å². The second kappa shape index (κ2) is 9.96. The summed E-state index contributed by atoms with van der Waals surface area (Å²) in [6, 6.07) is 8.79. The maximum absolute atomic E-state index is 13.9. The quantitative estimate of drug-likeness (QED) is 0.351. The Morgan fingerprint density at radius 1 is 1.12 bits per heavy atom. The van der Waals surface area contributed by atoms with Crippen LogP contribution in [0.5, 0.6) is 5.88 Å². The molecule has 6 rings (SSSR count). The summed E-state index contributed by atoms with van der Waals surface area (Å²) in [6.45, 7) is 6.17. The van der Waals surface area contributed by atoms with Crippen LogP contribution in [-0.2, 0) is 5.54 Å². The van der Waals surface area contributed by atoms with Crippen molar-refractivity contribution in [3.8, 4) is 23.1 Å². The molecule has 4 aromatic rings. The molecule has 1 saturated heterocycles. The van der Waals surface area contributed by atoms with Gasteiger partial charge in [-0.2, -0.15) is 5.10 Å². The molecule has 0 bridgehead atoms. The first kappa shape index (κ1) is 26.9. The Hall–Kier alpha value is -4.29. The van der Waals surface area contributed by atoms with Gasteiger partial charge in [-0.3, -0.25) is 4.79 Å². The highest BCUT2D eigenvalue weighted by atomic mass is 19.2. The van der Waals surface area contributed by atoms with E-state index in [-0.39, 0.29) is 29.5 Å². The van der Waals surface area contributed by atoms with Crippen LogP contribution >= 0.6 is 0 Å². The first-order chi connectivity index (χ1) is 19.5. The summed E-state index contributed by atoms with van der Waals surface area (Å²) in [4.78, 5) is 28.1. The molecule has 1 saturated carbocycles. The number of benzene rings is 1. The van der Waals surface area contributed by atoms with E-state index >= 15 is 0 Å². The Morgan fingerprint density at radius 3 is 2.46 bits per heavy atom. The molecule has 4 atom stereocenters. The molecular formula is C29H29F2N7O3. The monoisotopic (exact) mass is 561 g/mol. The summed E-state index contributed by atoms with van der Waals surface area (Å²) >= 11 is 0. The maximum Gasteiger partial charge on any atom is 0.257 e. The van der Waals surface area contributed by atoms with Crippen LogP contribution < -0.4 is 10.5 Å². The SMILES string of the molecule is CC(O)c1nn(-c2ncccn2)cc1C(=O)N1CC2[C@@H](C1)[C@@H]2Oc1cc(C(C)(C)N)cc(-c2ccc(F)c(F)c2)n1. The van der Waals surface area contributed by atoms with Crippen molar-refractivity contribution in [1.29, 1.82) is 0 Å². The molecule has 10 nitrogen and oxygen atoms in total. The number of fused-ring (bicyclic) bond motifs is 1. The van der Waals surface area contributed by atoms with Gasteiger partial charge in [0.1, 0.15) is 11.8 Å². The third-order valence-electron chi connectivity index (χ3n) is 7.55. The normalized spacial score (nSPS) is 20.6. The van der Waals surface area contributed by atoms with E-state index in [1.807, 2.05) is 13.8 Å². The van der Waals surface area contributed by atoms with Gasteiger partial charge in [-0.15, -0.1) is 0 Å². The van der Waals surface area contributed by atoms with E-state index < -0.39 is 23.3 Å². The number of rotatable bonds is 7. The fraction of sp³-hybridized carbons (Fsp3) is 0.345. The van der Waals surface area contributed by atoms with Crippen LogP contribution in [0, 0.1) is 23.5 Å². The average Bonchev–Trinajstić information content (AvgIpc) is 3.29. The van der Waals surface area contributed by atoms with Crippen molar-refractivity contribution in [2.75, 3.05) is 13.1 Å². The Bertz CT molecular complexity index is 1610. The van der Waals surface area contributed by atoms with Crippen molar-refractivity contribution in [2.45, 2.75) is 38.5 Å². The number of halogens is 2. The molecule has 0 spiro atoms. The van der Waals surface area contributed by atoms with Gasteiger partial charge < -0.3 is 20.5 Å². The van der Waals surface area contributed by atoms with E-state index in [4.69, 9.17) is 10.5 Å². The van der Waals surface area contributed by atoms with Crippen molar-refractivity contribution < 1.29 is 23.4 Å². The number of aliphatic hydroxyl groups excluding tert-OH is 1. The van der Waals surface area contributed by atoms with E-state index in [0.29, 0.717) is 41.7 Å². The van der Waals surface area contributed by atoms with Gasteiger partial charge in [0, 0.05) is 60.7 Å². The predicted octanol–water partition coefficient (Wildman–Crippen LogP) is 3.40. The number of carbonyl (C=O) groups is 1. The lowest BCUT2D eigenvalue weighted by Crippen LogP contribution is -2.34. The summed E-state index contributed by atoms with van der Waals surface area (Å²) in [5, 5.41) is 14.6. The lowest BCUT2D eigenvalue weighted by atomic mass is 9.95. The zero-order valence-electron chi connectivity index (χ0n) is 22.7. The highest BCUT2D eigenvalue weighted by Gasteiger charge is 2.59. The predicted molar refractivity (Wildman–Crippen MR) is 144 cm³/mol. The van der Waals surface area contributed by atoms with Crippen LogP contribution in [0.1, 0.15) is 48.5 Å². The fourth-order valence-electron chi connectivity index (χ4n) is 5.24. The molecule has 2 aliphatic rings. The van der Waals surface area contributed by atoms with Gasteiger partial charge in [-0.25, -0.2) is 28.4 Å². The number of aliphatic hydroxyl groups is 1. The van der Waals surface area contributed by atoms with Gasteiger partial charge in [0.15, 0.2) is 11.6 Å². The topological polar surface area (TPSA) is 132 Å². The van der Waals surface area contributed by atoms with Crippen LogP contribution in [0.15, 0.2) is 55.0 Å². The minimum atomic E-state index is -0.966. The number of nitrogens with two attached hydrogens (primary N) is 1. The second-order valence-electron chi connectivity index (χ2n) is 11.1. The Morgan fingerprint density at radius 2 is 1.83 bits per heavy atom. The number of pyridine rings is 1. The fourth-order valence-corrected chi connectivity index (χ4v) is 5.24. The molecule has 12 heteroatoms. The number of aromatic nitrogens is 5. The van der Waals surface area contributed by atoms with Crippen LogP contribution in [-0.4, -0.2) is 59.8 Å². The van der Waals surface area contributed by atoms with Crippen LogP contribution in [0.25, 0.3) is 17.2 Å². The van der Waals surface area contributed by atoms with E-state index in [9.17, 15) is 18.7 Å². The molecule has 1 aliphatic carbocycles. The molecule has 3 N–H and O–H groups in total. The summed E-state index contributed by atoms with van der Waals surface area (Å²) < 4.78 is 35.1. The highest BCUT2D eigenvalue weighted by molar-refractivity contribution is 5.95. The van der Waals surface area contributed by atoms with Gasteiger partial charge >= 0.3 is 0 Å². The summed E-state index contributed by atoms with van der Waals surface area (Å²) in [5.41, 5.74) is 7.73. The van der Waals surface area contributed by atoms with E-state index in [1.54, 1.807) is 48.6 Å². The number of hydrogen-bond acceptors (Lipinski definition) is 8. The Kier molecular flexibility index (Phi) is 6.54. The number of nitrogens with zero attached hydrogens (tertiary/aromatic N) is 6. The summed E-state index contributed by atoms with van der Waals surface area (Å²) in [5.74, 6) is -1.31. The maximum atomic E-state index is 13.9. The van der Waals surface area contributed by atoms with Gasteiger partial charge in [0.2, 0.25) is 11.8 Å². The second-order valence-corrected chi connectivity index (χ2v) is 11.1.